The molecule has 1 N–H and O–H groups in total. The highest BCUT2D eigenvalue weighted by atomic mass is 79.9. The minimum Gasteiger partial charge on any atom is -0.495 e. The lowest BCUT2D eigenvalue weighted by Gasteiger charge is -2.28. The third-order valence-electron chi connectivity index (χ3n) is 5.52. The van der Waals surface area contributed by atoms with E-state index in [0.29, 0.717) is 17.9 Å². The predicted molar refractivity (Wildman–Crippen MR) is 122 cm³/mol. The van der Waals surface area contributed by atoms with Crippen molar-refractivity contribution in [1.82, 2.24) is 10.2 Å². The van der Waals surface area contributed by atoms with Crippen LogP contribution in [0.2, 0.25) is 0 Å². The molecule has 0 unspecified atom stereocenters. The Kier molecular flexibility index (Phi) is 6.16. The minimum absolute atomic E-state index is 0.109. The molecule has 29 heavy (non-hydrogen) atoms. The molecule has 4 rings (SSSR count). The number of carbonyl (C=O) groups is 1. The van der Waals surface area contributed by atoms with Gasteiger partial charge >= 0.3 is 0 Å². The molecule has 2 aromatic rings. The molecule has 2 aromatic carbocycles. The number of carbonyl (C=O) groups excluding carboxylic acids is 1. The topological polar surface area (TPSA) is 41.6 Å². The maximum Gasteiger partial charge on any atom is 0.255 e. The van der Waals surface area contributed by atoms with Gasteiger partial charge in [0.2, 0.25) is 0 Å². The summed E-state index contributed by atoms with van der Waals surface area (Å²) >= 11 is 3.59. The lowest BCUT2D eigenvalue weighted by molar-refractivity contribution is 0.0946. The van der Waals surface area contributed by atoms with Gasteiger partial charge in [-0.05, 0) is 35.4 Å². The average molecular weight is 453 g/mol. The summed E-state index contributed by atoms with van der Waals surface area (Å²) in [6.07, 6.45) is 11.0. The first-order valence-corrected chi connectivity index (χ1v) is 10.8. The summed E-state index contributed by atoms with van der Waals surface area (Å²) in [5.74, 6) is 0.506. The smallest absolute Gasteiger partial charge is 0.255 e. The molecule has 0 aromatic heterocycles. The molecule has 0 radical (unpaired) electrons. The van der Waals surface area contributed by atoms with Crippen LogP contribution < -0.4 is 10.1 Å². The first-order chi connectivity index (χ1) is 14.2. The number of nitrogens with zero attached hydrogens (tertiary/aromatic N) is 1. The summed E-state index contributed by atoms with van der Waals surface area (Å²) in [6.45, 7) is 3.40. The monoisotopic (exact) mass is 452 g/mol. The number of fused-ring (bicyclic) bond motifs is 1. The van der Waals surface area contributed by atoms with Gasteiger partial charge in [0.25, 0.3) is 5.91 Å². The number of halogens is 1. The Morgan fingerprint density at radius 2 is 1.93 bits per heavy atom. The number of allylic oxidation sites excluding steroid dienone is 3. The summed E-state index contributed by atoms with van der Waals surface area (Å²) in [4.78, 5) is 15.3. The third-order valence-corrected chi connectivity index (χ3v) is 6.18. The minimum atomic E-state index is -0.109. The van der Waals surface area contributed by atoms with Crippen molar-refractivity contribution in [2.75, 3.05) is 33.3 Å². The van der Waals surface area contributed by atoms with Gasteiger partial charge in [0.1, 0.15) is 5.75 Å². The summed E-state index contributed by atoms with van der Waals surface area (Å²) in [5, 5.41) is 5.03. The number of ether oxygens (including phenoxy) is 1. The average Bonchev–Trinajstić information content (AvgIpc) is 2.98. The number of methoxy groups -OCH3 is 1. The van der Waals surface area contributed by atoms with Crippen LogP contribution in [0.25, 0.3) is 10.8 Å². The molecule has 0 saturated carbocycles. The molecule has 0 spiro atoms. The number of nitrogens with one attached hydrogen (secondary N) is 1. The molecule has 0 bridgehead atoms. The van der Waals surface area contributed by atoms with E-state index in [1.54, 1.807) is 7.11 Å². The Bertz CT molecular complexity index is 1020. The van der Waals surface area contributed by atoms with Crippen LogP contribution in [0, 0.1) is 0 Å². The van der Waals surface area contributed by atoms with Gasteiger partial charge in [0, 0.05) is 36.0 Å². The molecule has 1 aliphatic carbocycles. The molecule has 1 aliphatic heterocycles. The zero-order valence-electron chi connectivity index (χ0n) is 16.6. The summed E-state index contributed by atoms with van der Waals surface area (Å²) in [6, 6.07) is 9.76. The van der Waals surface area contributed by atoms with Gasteiger partial charge in [0.15, 0.2) is 0 Å². The van der Waals surface area contributed by atoms with Gasteiger partial charge < -0.3 is 10.1 Å². The lowest BCUT2D eigenvalue weighted by Crippen LogP contribution is -2.38. The third kappa shape index (κ3) is 4.31. The number of benzene rings is 2. The molecule has 2 aliphatic rings. The number of amides is 1. The Balaban J connectivity index is 1.42. The molecule has 0 atom stereocenters. The largest absolute Gasteiger partial charge is 0.495 e. The lowest BCUT2D eigenvalue weighted by atomic mass is 10.00. The standard InChI is InChI=1S/C24H25BrN2O2/c1-29-23-20-10-6-5-9-19(20)22(25)15-21(23)24(28)26-12-14-27-13-11-17-7-3-2-4-8-18(17)16-27/h3-10,15H,2,11-14,16H2,1H3,(H,26,28). The van der Waals surface area contributed by atoms with E-state index in [2.05, 4.69) is 50.5 Å². The van der Waals surface area contributed by atoms with E-state index in [9.17, 15) is 4.79 Å². The van der Waals surface area contributed by atoms with Crippen molar-refractivity contribution in [2.45, 2.75) is 12.8 Å². The van der Waals surface area contributed by atoms with Crippen molar-refractivity contribution in [3.63, 3.8) is 0 Å². The Morgan fingerprint density at radius 3 is 2.72 bits per heavy atom. The molecule has 0 fully saturated rings. The van der Waals surface area contributed by atoms with E-state index >= 15 is 0 Å². The molecular formula is C24H25BrN2O2. The van der Waals surface area contributed by atoms with Gasteiger partial charge in [-0.15, -0.1) is 0 Å². The second kappa shape index (κ2) is 8.97. The maximum absolute atomic E-state index is 12.9. The number of hydrogen-bond donors (Lipinski definition) is 1. The van der Waals surface area contributed by atoms with Gasteiger partial charge in [0.05, 0.1) is 12.7 Å². The first kappa shape index (κ1) is 19.9. The van der Waals surface area contributed by atoms with Crippen molar-refractivity contribution >= 4 is 32.6 Å². The molecule has 5 heteroatoms. The molecule has 1 heterocycles. The number of rotatable bonds is 5. The highest BCUT2D eigenvalue weighted by Crippen LogP contribution is 2.35. The highest BCUT2D eigenvalue weighted by molar-refractivity contribution is 9.10. The quantitative estimate of drug-likeness (QED) is 0.703. The Hall–Kier alpha value is -2.37. The molecular weight excluding hydrogens is 428 g/mol. The van der Waals surface area contributed by atoms with Crippen molar-refractivity contribution in [3.05, 3.63) is 75.8 Å². The fraction of sp³-hybridized carbons (Fsp3) is 0.292. The van der Waals surface area contributed by atoms with Crippen molar-refractivity contribution in [3.8, 4) is 5.75 Å². The van der Waals surface area contributed by atoms with E-state index in [4.69, 9.17) is 4.74 Å². The molecule has 0 saturated heterocycles. The van der Waals surface area contributed by atoms with Gasteiger partial charge in [-0.1, -0.05) is 64.5 Å². The van der Waals surface area contributed by atoms with E-state index in [1.165, 1.54) is 11.1 Å². The zero-order valence-corrected chi connectivity index (χ0v) is 18.2. The molecule has 150 valence electrons. The summed E-state index contributed by atoms with van der Waals surface area (Å²) in [5.41, 5.74) is 3.40. The fourth-order valence-electron chi connectivity index (χ4n) is 4.02. The van der Waals surface area contributed by atoms with Crippen molar-refractivity contribution in [1.29, 1.82) is 0 Å². The predicted octanol–water partition coefficient (Wildman–Crippen LogP) is 4.86. The second-order valence-electron chi connectivity index (χ2n) is 7.36. The van der Waals surface area contributed by atoms with E-state index in [0.717, 1.165) is 47.7 Å². The second-order valence-corrected chi connectivity index (χ2v) is 8.21. The maximum atomic E-state index is 12.9. The Labute approximate surface area is 180 Å². The van der Waals surface area contributed by atoms with E-state index in [-0.39, 0.29) is 5.91 Å². The normalized spacial score (nSPS) is 16.6. The number of hydrogen-bond acceptors (Lipinski definition) is 3. The van der Waals surface area contributed by atoms with E-state index < -0.39 is 0 Å². The van der Waals surface area contributed by atoms with Crippen molar-refractivity contribution < 1.29 is 9.53 Å². The van der Waals surface area contributed by atoms with Crippen LogP contribution in [0.5, 0.6) is 5.75 Å². The van der Waals surface area contributed by atoms with Gasteiger partial charge in [-0.2, -0.15) is 0 Å². The van der Waals surface area contributed by atoms with Crippen LogP contribution in [0.1, 0.15) is 23.2 Å². The van der Waals surface area contributed by atoms with Crippen LogP contribution in [-0.4, -0.2) is 44.1 Å². The van der Waals surface area contributed by atoms with Gasteiger partial charge in [-0.3, -0.25) is 9.69 Å². The highest BCUT2D eigenvalue weighted by Gasteiger charge is 2.19. The summed E-state index contributed by atoms with van der Waals surface area (Å²) in [7, 11) is 1.61. The van der Waals surface area contributed by atoms with Crippen LogP contribution in [0.3, 0.4) is 0 Å². The fourth-order valence-corrected chi connectivity index (χ4v) is 4.59. The van der Waals surface area contributed by atoms with E-state index in [1.807, 2.05) is 30.3 Å². The SMILES string of the molecule is COc1c(C(=O)NCCN2CCC3=C(C=CCC=C3)C2)cc(Br)c2ccccc12. The van der Waals surface area contributed by atoms with Crippen LogP contribution in [-0.2, 0) is 0 Å². The Morgan fingerprint density at radius 1 is 1.17 bits per heavy atom. The molecule has 1 amide bonds. The van der Waals surface area contributed by atoms with Crippen LogP contribution >= 0.6 is 15.9 Å². The van der Waals surface area contributed by atoms with Crippen molar-refractivity contribution in [2.24, 2.45) is 0 Å². The van der Waals surface area contributed by atoms with Crippen LogP contribution in [0.4, 0.5) is 0 Å². The van der Waals surface area contributed by atoms with Crippen LogP contribution in [0.15, 0.2) is 70.3 Å². The summed E-state index contributed by atoms with van der Waals surface area (Å²) < 4.78 is 6.48. The first-order valence-electron chi connectivity index (χ1n) is 9.98. The molecule has 4 nitrogen and oxygen atoms in total. The zero-order chi connectivity index (χ0) is 20.2. The van der Waals surface area contributed by atoms with Gasteiger partial charge in [-0.25, -0.2) is 0 Å².